The van der Waals surface area contributed by atoms with Gasteiger partial charge in [0.15, 0.2) is 0 Å². The summed E-state index contributed by atoms with van der Waals surface area (Å²) >= 11 is 0. The van der Waals surface area contributed by atoms with E-state index in [0.29, 0.717) is 24.3 Å². The Hall–Kier alpha value is -1.55. The monoisotopic (exact) mass is 209 g/mol. The minimum Gasteiger partial charge on any atom is -0.508 e. The third kappa shape index (κ3) is 2.95. The Bertz CT molecular complexity index is 350. The summed E-state index contributed by atoms with van der Waals surface area (Å²) in [6, 6.07) is 4.88. The van der Waals surface area contributed by atoms with Crippen molar-refractivity contribution in [1.82, 2.24) is 5.32 Å². The standard InChI is InChI=1S/C11H15NO3/c1-8-9(4-3-5-10(8)13)11(14)12-6-7-15-2/h3-5,13H,6-7H2,1-2H3,(H,12,14). The molecule has 0 spiro atoms. The normalized spacial score (nSPS) is 10.0. The number of nitrogens with one attached hydrogen (secondary N) is 1. The third-order valence-corrected chi connectivity index (χ3v) is 2.14. The summed E-state index contributed by atoms with van der Waals surface area (Å²) in [4.78, 5) is 11.6. The van der Waals surface area contributed by atoms with Crippen molar-refractivity contribution in [2.75, 3.05) is 20.3 Å². The van der Waals surface area contributed by atoms with E-state index in [4.69, 9.17) is 4.74 Å². The van der Waals surface area contributed by atoms with Crippen LogP contribution < -0.4 is 5.32 Å². The van der Waals surface area contributed by atoms with Crippen molar-refractivity contribution in [3.05, 3.63) is 29.3 Å². The van der Waals surface area contributed by atoms with Crippen molar-refractivity contribution in [1.29, 1.82) is 0 Å². The number of amides is 1. The molecule has 4 nitrogen and oxygen atoms in total. The van der Waals surface area contributed by atoms with Crippen LogP contribution in [-0.2, 0) is 4.74 Å². The van der Waals surface area contributed by atoms with Gasteiger partial charge >= 0.3 is 0 Å². The molecule has 1 rings (SSSR count). The Kier molecular flexibility index (Phi) is 4.12. The van der Waals surface area contributed by atoms with Crippen LogP contribution in [0.4, 0.5) is 0 Å². The molecule has 0 unspecified atom stereocenters. The lowest BCUT2D eigenvalue weighted by molar-refractivity contribution is 0.0936. The van der Waals surface area contributed by atoms with E-state index in [2.05, 4.69) is 5.32 Å². The van der Waals surface area contributed by atoms with Gasteiger partial charge in [0.2, 0.25) is 0 Å². The number of ether oxygens (including phenoxy) is 1. The van der Waals surface area contributed by atoms with Gasteiger partial charge in [-0.05, 0) is 19.1 Å². The van der Waals surface area contributed by atoms with Crippen LogP contribution in [-0.4, -0.2) is 31.3 Å². The smallest absolute Gasteiger partial charge is 0.251 e. The Morgan fingerprint density at radius 3 is 2.93 bits per heavy atom. The predicted molar refractivity (Wildman–Crippen MR) is 57.1 cm³/mol. The predicted octanol–water partition coefficient (Wildman–Crippen LogP) is 1.08. The molecule has 0 aliphatic carbocycles. The minimum absolute atomic E-state index is 0.134. The molecule has 0 aliphatic heterocycles. The van der Waals surface area contributed by atoms with Crippen molar-refractivity contribution in [2.24, 2.45) is 0 Å². The van der Waals surface area contributed by atoms with Crippen molar-refractivity contribution in [3.63, 3.8) is 0 Å². The molecule has 15 heavy (non-hydrogen) atoms. The molecule has 0 aliphatic rings. The van der Waals surface area contributed by atoms with E-state index in [0.717, 1.165) is 0 Å². The largest absolute Gasteiger partial charge is 0.508 e. The second-order valence-corrected chi connectivity index (χ2v) is 3.20. The van der Waals surface area contributed by atoms with E-state index in [1.165, 1.54) is 0 Å². The number of aromatic hydroxyl groups is 1. The van der Waals surface area contributed by atoms with Crippen LogP contribution in [0.1, 0.15) is 15.9 Å². The lowest BCUT2D eigenvalue weighted by Crippen LogP contribution is -2.27. The summed E-state index contributed by atoms with van der Waals surface area (Å²) in [5, 5.41) is 12.1. The van der Waals surface area contributed by atoms with Gasteiger partial charge in [0.1, 0.15) is 5.75 Å². The minimum atomic E-state index is -0.194. The molecule has 82 valence electrons. The maximum absolute atomic E-state index is 11.6. The highest BCUT2D eigenvalue weighted by molar-refractivity contribution is 5.96. The zero-order chi connectivity index (χ0) is 11.3. The second kappa shape index (κ2) is 5.36. The highest BCUT2D eigenvalue weighted by Gasteiger charge is 2.10. The van der Waals surface area contributed by atoms with Gasteiger partial charge in [-0.25, -0.2) is 0 Å². The average molecular weight is 209 g/mol. The lowest BCUT2D eigenvalue weighted by Gasteiger charge is -2.08. The van der Waals surface area contributed by atoms with E-state index in [-0.39, 0.29) is 11.7 Å². The average Bonchev–Trinajstić information content (AvgIpc) is 2.22. The van der Waals surface area contributed by atoms with Crippen LogP contribution in [0.5, 0.6) is 5.75 Å². The summed E-state index contributed by atoms with van der Waals surface area (Å²) in [5.74, 6) is -0.0603. The lowest BCUT2D eigenvalue weighted by atomic mass is 10.1. The molecule has 0 fully saturated rings. The first-order valence-corrected chi connectivity index (χ1v) is 4.72. The van der Waals surface area contributed by atoms with Crippen molar-refractivity contribution < 1.29 is 14.6 Å². The topological polar surface area (TPSA) is 58.6 Å². The van der Waals surface area contributed by atoms with Crippen LogP contribution in [0.2, 0.25) is 0 Å². The van der Waals surface area contributed by atoms with Gasteiger partial charge in [0.25, 0.3) is 5.91 Å². The molecule has 0 atom stereocenters. The van der Waals surface area contributed by atoms with Gasteiger partial charge in [-0.1, -0.05) is 6.07 Å². The fourth-order valence-corrected chi connectivity index (χ4v) is 1.23. The van der Waals surface area contributed by atoms with Crippen molar-refractivity contribution in [2.45, 2.75) is 6.92 Å². The van der Waals surface area contributed by atoms with Crippen LogP contribution in [0, 0.1) is 6.92 Å². The van der Waals surface area contributed by atoms with E-state index >= 15 is 0 Å². The van der Waals surface area contributed by atoms with Gasteiger partial charge in [-0.15, -0.1) is 0 Å². The Labute approximate surface area is 88.9 Å². The van der Waals surface area contributed by atoms with Crippen molar-refractivity contribution in [3.8, 4) is 5.75 Å². The Morgan fingerprint density at radius 1 is 1.53 bits per heavy atom. The Balaban J connectivity index is 2.69. The number of methoxy groups -OCH3 is 1. The molecule has 0 radical (unpaired) electrons. The zero-order valence-corrected chi connectivity index (χ0v) is 8.91. The van der Waals surface area contributed by atoms with E-state index in [1.807, 2.05) is 0 Å². The number of hydrogen-bond acceptors (Lipinski definition) is 3. The Morgan fingerprint density at radius 2 is 2.27 bits per heavy atom. The van der Waals surface area contributed by atoms with Gasteiger partial charge in [-0.3, -0.25) is 4.79 Å². The molecule has 1 aromatic carbocycles. The van der Waals surface area contributed by atoms with Gasteiger partial charge < -0.3 is 15.2 Å². The van der Waals surface area contributed by atoms with Crippen LogP contribution in [0.25, 0.3) is 0 Å². The summed E-state index contributed by atoms with van der Waals surface area (Å²) < 4.78 is 4.82. The fourth-order valence-electron chi connectivity index (χ4n) is 1.23. The quantitative estimate of drug-likeness (QED) is 0.729. The molecule has 0 aromatic heterocycles. The number of carbonyl (C=O) groups is 1. The van der Waals surface area contributed by atoms with Crippen LogP contribution in [0.3, 0.4) is 0 Å². The highest BCUT2D eigenvalue weighted by Crippen LogP contribution is 2.19. The number of rotatable bonds is 4. The third-order valence-electron chi connectivity index (χ3n) is 2.14. The maximum Gasteiger partial charge on any atom is 0.251 e. The highest BCUT2D eigenvalue weighted by atomic mass is 16.5. The fraction of sp³-hybridized carbons (Fsp3) is 0.364. The van der Waals surface area contributed by atoms with Gasteiger partial charge in [-0.2, -0.15) is 0 Å². The first-order chi connectivity index (χ1) is 7.16. The first kappa shape index (κ1) is 11.5. The molecular weight excluding hydrogens is 194 g/mol. The maximum atomic E-state index is 11.6. The number of phenolic OH excluding ortho intramolecular Hbond substituents is 1. The summed E-state index contributed by atoms with van der Waals surface area (Å²) in [7, 11) is 1.58. The molecule has 0 saturated carbocycles. The van der Waals surface area contributed by atoms with Gasteiger partial charge in [0, 0.05) is 24.8 Å². The van der Waals surface area contributed by atoms with E-state index in [9.17, 15) is 9.90 Å². The molecule has 0 heterocycles. The van der Waals surface area contributed by atoms with Crippen LogP contribution in [0.15, 0.2) is 18.2 Å². The van der Waals surface area contributed by atoms with Crippen LogP contribution >= 0.6 is 0 Å². The SMILES string of the molecule is COCCNC(=O)c1cccc(O)c1C. The molecule has 1 amide bonds. The first-order valence-electron chi connectivity index (χ1n) is 4.72. The van der Waals surface area contributed by atoms with E-state index < -0.39 is 0 Å². The summed E-state index contributed by atoms with van der Waals surface area (Å²) in [6.45, 7) is 2.65. The van der Waals surface area contributed by atoms with E-state index in [1.54, 1.807) is 32.2 Å². The molecule has 1 aromatic rings. The molecular formula is C11H15NO3. The van der Waals surface area contributed by atoms with Crippen molar-refractivity contribution >= 4 is 5.91 Å². The molecule has 4 heteroatoms. The summed E-state index contributed by atoms with van der Waals surface area (Å²) in [5.41, 5.74) is 1.08. The summed E-state index contributed by atoms with van der Waals surface area (Å²) in [6.07, 6.45) is 0. The molecule has 0 saturated heterocycles. The zero-order valence-electron chi connectivity index (χ0n) is 8.91. The number of phenols is 1. The number of benzene rings is 1. The number of carbonyl (C=O) groups excluding carboxylic acids is 1. The second-order valence-electron chi connectivity index (χ2n) is 3.20. The number of hydrogen-bond donors (Lipinski definition) is 2. The van der Waals surface area contributed by atoms with Gasteiger partial charge in [0.05, 0.1) is 6.61 Å². The molecule has 0 bridgehead atoms. The molecule has 2 N–H and O–H groups in total.